The number of hydrogen-bond donors (Lipinski definition) is 1. The van der Waals surface area contributed by atoms with E-state index in [1.54, 1.807) is 0 Å². The number of carbonyl (C=O) groups is 1. The fraction of sp³-hybridized carbons (Fsp3) is 0.667. The molecule has 142 valence electrons. The Hall–Kier alpha value is -1.51. The highest BCUT2D eigenvalue weighted by molar-refractivity contribution is 7.15. The van der Waals surface area contributed by atoms with E-state index < -0.39 is 0 Å². The lowest BCUT2D eigenvalue weighted by Gasteiger charge is -2.37. The molecular weight excluding hydrogens is 346 g/mol. The first-order chi connectivity index (χ1) is 12.3. The molecule has 1 saturated carbocycles. The van der Waals surface area contributed by atoms with Gasteiger partial charge >= 0.3 is 5.97 Å². The molecule has 4 nitrogen and oxygen atoms in total. The van der Waals surface area contributed by atoms with Gasteiger partial charge in [-0.25, -0.2) is 4.79 Å². The Morgan fingerprint density at radius 2 is 2.08 bits per heavy atom. The molecule has 0 unspecified atom stereocenters. The molecule has 1 aliphatic heterocycles. The van der Waals surface area contributed by atoms with Gasteiger partial charge in [-0.2, -0.15) is 0 Å². The summed E-state index contributed by atoms with van der Waals surface area (Å²) in [5.41, 5.74) is 0.914. The van der Waals surface area contributed by atoms with E-state index in [4.69, 9.17) is 9.47 Å². The van der Waals surface area contributed by atoms with Crippen LogP contribution < -0.4 is 5.32 Å². The molecule has 2 aliphatic rings. The molecule has 1 spiro atoms. The van der Waals surface area contributed by atoms with Gasteiger partial charge in [0, 0.05) is 18.1 Å². The molecule has 0 bridgehead atoms. The van der Waals surface area contributed by atoms with Crippen molar-refractivity contribution in [2.75, 3.05) is 19.0 Å². The maximum Gasteiger partial charge on any atom is 0.350 e. The molecule has 0 atom stereocenters. The van der Waals surface area contributed by atoms with Gasteiger partial charge in [0.1, 0.15) is 4.88 Å². The molecule has 5 heteroatoms. The molecule has 2 heterocycles. The summed E-state index contributed by atoms with van der Waals surface area (Å²) in [5, 5.41) is 3.57. The topological polar surface area (TPSA) is 47.6 Å². The Labute approximate surface area is 160 Å². The summed E-state index contributed by atoms with van der Waals surface area (Å²) in [6, 6.07) is 2.36. The van der Waals surface area contributed by atoms with Crippen LogP contribution in [0.5, 0.6) is 0 Å². The first-order valence-electron chi connectivity index (χ1n) is 9.46. The Balaban J connectivity index is 1.72. The standard InChI is InChI=1S/C21H29NO3S/c1-20(2,3)10-8-16-14-17(18(26-16)19(23)24-4)22-15-6-11-21(12-7-15)9-5-13-25-21/h14-15,22H,5-7,9,11-13H2,1-4H3. The van der Waals surface area contributed by atoms with E-state index in [0.717, 1.165) is 42.9 Å². The summed E-state index contributed by atoms with van der Waals surface area (Å²) in [7, 11) is 1.42. The molecule has 26 heavy (non-hydrogen) atoms. The normalized spacial score (nSPS) is 25.6. The molecule has 1 N–H and O–H groups in total. The van der Waals surface area contributed by atoms with Crippen LogP contribution >= 0.6 is 11.3 Å². The van der Waals surface area contributed by atoms with Crippen molar-refractivity contribution in [3.05, 3.63) is 15.8 Å². The van der Waals surface area contributed by atoms with E-state index in [1.807, 2.05) is 6.07 Å². The summed E-state index contributed by atoms with van der Waals surface area (Å²) in [4.78, 5) is 13.7. The van der Waals surface area contributed by atoms with Gasteiger partial charge in [0.25, 0.3) is 0 Å². The van der Waals surface area contributed by atoms with E-state index in [0.29, 0.717) is 10.9 Å². The first-order valence-corrected chi connectivity index (χ1v) is 10.3. The second-order valence-electron chi connectivity index (χ2n) is 8.40. The molecular formula is C21H29NO3S. The molecule has 0 aromatic carbocycles. The Bertz CT molecular complexity index is 704. The van der Waals surface area contributed by atoms with Crippen molar-refractivity contribution in [1.29, 1.82) is 0 Å². The number of thiophene rings is 1. The third kappa shape index (κ3) is 4.61. The monoisotopic (exact) mass is 375 g/mol. The number of hydrogen-bond acceptors (Lipinski definition) is 5. The van der Waals surface area contributed by atoms with E-state index in [9.17, 15) is 4.79 Å². The third-order valence-electron chi connectivity index (χ3n) is 5.11. The molecule has 1 aromatic rings. The number of ether oxygens (including phenoxy) is 2. The van der Waals surface area contributed by atoms with Crippen LogP contribution in [0.25, 0.3) is 0 Å². The number of nitrogens with one attached hydrogen (secondary N) is 1. The smallest absolute Gasteiger partial charge is 0.350 e. The number of rotatable bonds is 3. The van der Waals surface area contributed by atoms with Crippen LogP contribution in [0.15, 0.2) is 6.07 Å². The molecule has 0 amide bonds. The summed E-state index contributed by atoms with van der Waals surface area (Å²) in [6.07, 6.45) is 6.71. The van der Waals surface area contributed by atoms with Gasteiger partial charge < -0.3 is 14.8 Å². The maximum atomic E-state index is 12.2. The highest BCUT2D eigenvalue weighted by Crippen LogP contribution is 2.40. The van der Waals surface area contributed by atoms with Crippen molar-refractivity contribution in [3.8, 4) is 11.8 Å². The second-order valence-corrected chi connectivity index (χ2v) is 9.45. The van der Waals surface area contributed by atoms with Crippen LogP contribution in [0.4, 0.5) is 5.69 Å². The zero-order valence-electron chi connectivity index (χ0n) is 16.2. The third-order valence-corrected chi connectivity index (χ3v) is 6.14. The maximum absolute atomic E-state index is 12.2. The summed E-state index contributed by atoms with van der Waals surface area (Å²) >= 11 is 1.40. The number of esters is 1. The number of anilines is 1. The van der Waals surface area contributed by atoms with Crippen molar-refractivity contribution in [3.63, 3.8) is 0 Å². The number of carbonyl (C=O) groups excluding carboxylic acids is 1. The largest absolute Gasteiger partial charge is 0.465 e. The lowest BCUT2D eigenvalue weighted by atomic mass is 9.80. The molecule has 2 fully saturated rings. The highest BCUT2D eigenvalue weighted by atomic mass is 32.1. The van der Waals surface area contributed by atoms with E-state index in [2.05, 4.69) is 37.9 Å². The molecule has 1 aromatic heterocycles. The Morgan fingerprint density at radius 1 is 1.35 bits per heavy atom. The van der Waals surface area contributed by atoms with Crippen LogP contribution in [-0.2, 0) is 9.47 Å². The molecule has 1 aliphatic carbocycles. The minimum Gasteiger partial charge on any atom is -0.465 e. The van der Waals surface area contributed by atoms with Gasteiger partial charge in [-0.3, -0.25) is 0 Å². The predicted molar refractivity (Wildman–Crippen MR) is 106 cm³/mol. The Kier molecular flexibility index (Phi) is 5.64. The fourth-order valence-electron chi connectivity index (χ4n) is 3.71. The van der Waals surface area contributed by atoms with Crippen molar-refractivity contribution in [2.24, 2.45) is 5.41 Å². The van der Waals surface area contributed by atoms with Gasteiger partial charge in [0.2, 0.25) is 0 Å². The quantitative estimate of drug-likeness (QED) is 0.607. The number of methoxy groups -OCH3 is 1. The zero-order valence-corrected chi connectivity index (χ0v) is 17.1. The van der Waals surface area contributed by atoms with Crippen molar-refractivity contribution >= 4 is 23.0 Å². The average molecular weight is 376 g/mol. The fourth-order valence-corrected chi connectivity index (χ4v) is 4.60. The predicted octanol–water partition coefficient (Wildman–Crippen LogP) is 4.84. The van der Waals surface area contributed by atoms with Crippen LogP contribution in [-0.4, -0.2) is 31.3 Å². The SMILES string of the molecule is COC(=O)c1sc(C#CC(C)(C)C)cc1NC1CCC2(CCCO2)CC1. The lowest BCUT2D eigenvalue weighted by molar-refractivity contribution is -0.0263. The van der Waals surface area contributed by atoms with Gasteiger partial charge in [-0.05, 0) is 65.4 Å². The zero-order chi connectivity index (χ0) is 18.8. The first kappa shape index (κ1) is 19.3. The lowest BCUT2D eigenvalue weighted by Crippen LogP contribution is -2.37. The minimum atomic E-state index is -0.298. The van der Waals surface area contributed by atoms with Crippen molar-refractivity contribution < 1.29 is 14.3 Å². The van der Waals surface area contributed by atoms with Gasteiger partial charge in [0.15, 0.2) is 0 Å². The van der Waals surface area contributed by atoms with Gasteiger partial charge in [-0.1, -0.05) is 11.8 Å². The van der Waals surface area contributed by atoms with E-state index in [1.165, 1.54) is 31.3 Å². The van der Waals surface area contributed by atoms with E-state index >= 15 is 0 Å². The molecule has 1 saturated heterocycles. The minimum absolute atomic E-state index is 0.0675. The van der Waals surface area contributed by atoms with Crippen molar-refractivity contribution in [1.82, 2.24) is 0 Å². The molecule has 0 radical (unpaired) electrons. The molecule has 3 rings (SSSR count). The van der Waals surface area contributed by atoms with Gasteiger partial charge in [0.05, 0.1) is 23.3 Å². The van der Waals surface area contributed by atoms with Crippen molar-refractivity contribution in [2.45, 2.75) is 70.9 Å². The second kappa shape index (κ2) is 7.62. The van der Waals surface area contributed by atoms with E-state index in [-0.39, 0.29) is 17.0 Å². The highest BCUT2D eigenvalue weighted by Gasteiger charge is 2.39. The van der Waals surface area contributed by atoms with Gasteiger partial charge in [-0.15, -0.1) is 11.3 Å². The summed E-state index contributed by atoms with van der Waals surface area (Å²) < 4.78 is 11.0. The van der Waals surface area contributed by atoms with Crippen LogP contribution in [0.2, 0.25) is 0 Å². The summed E-state index contributed by atoms with van der Waals surface area (Å²) in [6.45, 7) is 7.15. The van der Waals surface area contributed by atoms with Crippen LogP contribution in [0.3, 0.4) is 0 Å². The van der Waals surface area contributed by atoms with Crippen LogP contribution in [0, 0.1) is 17.3 Å². The summed E-state index contributed by atoms with van der Waals surface area (Å²) in [5.74, 6) is 6.14. The average Bonchev–Trinajstić information content (AvgIpc) is 3.21. The van der Waals surface area contributed by atoms with Crippen LogP contribution in [0.1, 0.15) is 73.8 Å². The Morgan fingerprint density at radius 3 is 2.65 bits per heavy atom.